The Morgan fingerprint density at radius 2 is 1.54 bits per heavy atom. The molecule has 2 amide bonds. The van der Waals surface area contributed by atoms with Gasteiger partial charge in [0.2, 0.25) is 11.8 Å². The molecule has 8 heteroatoms. The summed E-state index contributed by atoms with van der Waals surface area (Å²) in [4.78, 5) is 29.1. The number of carbonyl (C=O) groups is 2. The summed E-state index contributed by atoms with van der Waals surface area (Å²) in [5.74, 6) is 1.89. The summed E-state index contributed by atoms with van der Waals surface area (Å²) in [5, 5.41) is 9.96. The van der Waals surface area contributed by atoms with Crippen LogP contribution in [0.3, 0.4) is 0 Å². The second-order valence-corrected chi connectivity index (χ2v) is 12.2. The van der Waals surface area contributed by atoms with Crippen LogP contribution in [-0.2, 0) is 15.0 Å². The molecule has 7 nitrogen and oxygen atoms in total. The standard InChI is InChI=1S/C27H37N5O2S/c1-27(2,3)21-12-10-19(11-13-21)24-28-29-26(32(24)22-6-4-5-7-22)35-18-23(33)30-14-16-31(17-15-30)25(34)20-8-9-20/h10-13,20,22H,4-9,14-18H2,1-3H3. The molecule has 188 valence electrons. The number of hydrogen-bond donors (Lipinski definition) is 0. The van der Waals surface area contributed by atoms with Gasteiger partial charge in [0.15, 0.2) is 11.0 Å². The van der Waals surface area contributed by atoms with Gasteiger partial charge in [-0.25, -0.2) is 0 Å². The maximum absolute atomic E-state index is 13.0. The number of rotatable bonds is 6. The quantitative estimate of drug-likeness (QED) is 0.551. The van der Waals surface area contributed by atoms with E-state index in [0.29, 0.717) is 38.0 Å². The summed E-state index contributed by atoms with van der Waals surface area (Å²) in [6.07, 6.45) is 6.75. The van der Waals surface area contributed by atoms with Gasteiger partial charge in [0, 0.05) is 43.7 Å². The molecular formula is C27H37N5O2S. The summed E-state index contributed by atoms with van der Waals surface area (Å²) >= 11 is 1.50. The highest BCUT2D eigenvalue weighted by molar-refractivity contribution is 7.99. The molecule has 0 N–H and O–H groups in total. The Morgan fingerprint density at radius 1 is 0.914 bits per heavy atom. The Morgan fingerprint density at radius 3 is 2.14 bits per heavy atom. The number of nitrogens with zero attached hydrogens (tertiary/aromatic N) is 5. The lowest BCUT2D eigenvalue weighted by molar-refractivity contribution is -0.139. The molecule has 0 atom stereocenters. The number of carbonyl (C=O) groups excluding carboxylic acids is 2. The van der Waals surface area contributed by atoms with Crippen molar-refractivity contribution in [3.8, 4) is 11.4 Å². The molecule has 1 saturated heterocycles. The second-order valence-electron chi connectivity index (χ2n) is 11.2. The lowest BCUT2D eigenvalue weighted by atomic mass is 9.86. The average Bonchev–Trinajstić information content (AvgIpc) is 3.40. The first-order chi connectivity index (χ1) is 16.8. The van der Waals surface area contributed by atoms with E-state index in [2.05, 4.69) is 59.8 Å². The number of benzene rings is 1. The van der Waals surface area contributed by atoms with Crippen molar-refractivity contribution in [2.75, 3.05) is 31.9 Å². The molecule has 3 aliphatic rings. The molecule has 0 spiro atoms. The van der Waals surface area contributed by atoms with Gasteiger partial charge in [0.05, 0.1) is 5.75 Å². The largest absolute Gasteiger partial charge is 0.339 e. The topological polar surface area (TPSA) is 71.3 Å². The van der Waals surface area contributed by atoms with Crippen molar-refractivity contribution in [3.63, 3.8) is 0 Å². The van der Waals surface area contributed by atoms with Gasteiger partial charge in [0.1, 0.15) is 0 Å². The first-order valence-corrected chi connectivity index (χ1v) is 14.0. The molecule has 5 rings (SSSR count). The fraction of sp³-hybridized carbons (Fsp3) is 0.630. The SMILES string of the molecule is CC(C)(C)c1ccc(-c2nnc(SCC(=O)N3CCN(C(=O)C4CC4)CC3)n2C2CCCC2)cc1. The molecular weight excluding hydrogens is 458 g/mol. The number of thioether (sulfide) groups is 1. The van der Waals surface area contributed by atoms with Crippen LogP contribution in [0.25, 0.3) is 11.4 Å². The lowest BCUT2D eigenvalue weighted by Gasteiger charge is -2.34. The van der Waals surface area contributed by atoms with Crippen LogP contribution in [0.1, 0.15) is 70.9 Å². The zero-order valence-electron chi connectivity index (χ0n) is 21.2. The van der Waals surface area contributed by atoms with Crippen LogP contribution in [0.5, 0.6) is 0 Å². The Balaban J connectivity index is 1.26. The third kappa shape index (κ3) is 5.42. The van der Waals surface area contributed by atoms with Gasteiger partial charge >= 0.3 is 0 Å². The predicted molar refractivity (Wildman–Crippen MR) is 138 cm³/mol. The zero-order chi connectivity index (χ0) is 24.6. The summed E-state index contributed by atoms with van der Waals surface area (Å²) in [6.45, 7) is 9.22. The Bertz CT molecular complexity index is 1060. The normalized spacial score (nSPS) is 19.4. The van der Waals surface area contributed by atoms with Crippen LogP contribution >= 0.6 is 11.8 Å². The minimum Gasteiger partial charge on any atom is -0.339 e. The highest BCUT2D eigenvalue weighted by Crippen LogP contribution is 2.37. The summed E-state index contributed by atoms with van der Waals surface area (Å²) in [6, 6.07) is 9.06. The maximum atomic E-state index is 13.0. The van der Waals surface area contributed by atoms with Gasteiger partial charge in [0.25, 0.3) is 0 Å². The molecule has 2 heterocycles. The highest BCUT2D eigenvalue weighted by Gasteiger charge is 2.35. The molecule has 2 saturated carbocycles. The van der Waals surface area contributed by atoms with E-state index in [0.717, 1.165) is 42.2 Å². The Hall–Kier alpha value is -2.35. The zero-order valence-corrected chi connectivity index (χ0v) is 22.0. The smallest absolute Gasteiger partial charge is 0.233 e. The van der Waals surface area contributed by atoms with Crippen LogP contribution in [-0.4, -0.2) is 68.3 Å². The maximum Gasteiger partial charge on any atom is 0.233 e. The van der Waals surface area contributed by atoms with Gasteiger partial charge in [-0.1, -0.05) is 69.6 Å². The van der Waals surface area contributed by atoms with Gasteiger partial charge in [-0.3, -0.25) is 14.2 Å². The van der Waals surface area contributed by atoms with E-state index >= 15 is 0 Å². The summed E-state index contributed by atoms with van der Waals surface area (Å²) < 4.78 is 2.28. The molecule has 35 heavy (non-hydrogen) atoms. The van der Waals surface area contributed by atoms with E-state index in [1.807, 2.05) is 9.80 Å². The van der Waals surface area contributed by atoms with Crippen molar-refractivity contribution in [3.05, 3.63) is 29.8 Å². The fourth-order valence-electron chi connectivity index (χ4n) is 5.17. The molecule has 1 aromatic carbocycles. The van der Waals surface area contributed by atoms with Crippen LogP contribution in [0, 0.1) is 5.92 Å². The molecule has 0 radical (unpaired) electrons. The number of amides is 2. The van der Waals surface area contributed by atoms with E-state index in [-0.39, 0.29) is 23.1 Å². The van der Waals surface area contributed by atoms with Crippen molar-refractivity contribution in [1.29, 1.82) is 0 Å². The third-order valence-electron chi connectivity index (χ3n) is 7.56. The van der Waals surface area contributed by atoms with E-state index in [9.17, 15) is 9.59 Å². The first kappa shape index (κ1) is 24.3. The number of hydrogen-bond acceptors (Lipinski definition) is 5. The van der Waals surface area contributed by atoms with Crippen LogP contribution in [0.2, 0.25) is 0 Å². The lowest BCUT2D eigenvalue weighted by Crippen LogP contribution is -2.51. The van der Waals surface area contributed by atoms with Crippen molar-refractivity contribution >= 4 is 23.6 Å². The summed E-state index contributed by atoms with van der Waals surface area (Å²) in [5.41, 5.74) is 2.48. The Kier molecular flexibility index (Phi) is 6.93. The molecule has 2 aromatic rings. The Labute approximate surface area is 212 Å². The van der Waals surface area contributed by atoms with Crippen molar-refractivity contribution in [1.82, 2.24) is 24.6 Å². The monoisotopic (exact) mass is 495 g/mol. The van der Waals surface area contributed by atoms with Crippen LogP contribution < -0.4 is 0 Å². The van der Waals surface area contributed by atoms with Crippen LogP contribution in [0.4, 0.5) is 0 Å². The molecule has 0 bridgehead atoms. The molecule has 1 aromatic heterocycles. The first-order valence-electron chi connectivity index (χ1n) is 13.1. The number of aromatic nitrogens is 3. The van der Waals surface area contributed by atoms with E-state index < -0.39 is 0 Å². The van der Waals surface area contributed by atoms with E-state index in [1.165, 1.54) is 30.2 Å². The number of piperazine rings is 1. The van der Waals surface area contributed by atoms with Gasteiger partial charge in [-0.2, -0.15) is 0 Å². The highest BCUT2D eigenvalue weighted by atomic mass is 32.2. The minimum atomic E-state index is 0.107. The van der Waals surface area contributed by atoms with Gasteiger partial charge < -0.3 is 9.80 Å². The van der Waals surface area contributed by atoms with Gasteiger partial charge in [-0.15, -0.1) is 10.2 Å². The third-order valence-corrected chi connectivity index (χ3v) is 8.49. The molecule has 2 aliphatic carbocycles. The van der Waals surface area contributed by atoms with Crippen molar-refractivity contribution < 1.29 is 9.59 Å². The summed E-state index contributed by atoms with van der Waals surface area (Å²) in [7, 11) is 0. The minimum absolute atomic E-state index is 0.107. The van der Waals surface area contributed by atoms with Crippen molar-refractivity contribution in [2.45, 2.75) is 75.9 Å². The fourth-order valence-corrected chi connectivity index (χ4v) is 6.07. The molecule has 1 aliphatic heterocycles. The second kappa shape index (κ2) is 9.96. The van der Waals surface area contributed by atoms with Crippen molar-refractivity contribution in [2.24, 2.45) is 5.92 Å². The van der Waals surface area contributed by atoms with Crippen LogP contribution in [0.15, 0.2) is 29.4 Å². The molecule has 3 fully saturated rings. The van der Waals surface area contributed by atoms with E-state index in [1.54, 1.807) is 0 Å². The van der Waals surface area contributed by atoms with Gasteiger partial charge in [-0.05, 0) is 36.7 Å². The average molecular weight is 496 g/mol. The predicted octanol–water partition coefficient (Wildman–Crippen LogP) is 4.53. The van der Waals surface area contributed by atoms with E-state index in [4.69, 9.17) is 0 Å². The molecule has 0 unspecified atom stereocenters.